The standard InChI is InChI=1S/C60H42N2/c1-4-15-43(16-5-1)44-27-34-51(35-28-44)61(53-38-31-46(32-39-53)50-33-40-55(47-17-6-2-7-18-47)58(42-50)48-19-8-3-9-20-48)52-36-29-45(30-37-52)49-21-14-22-54(41-49)62-59-25-12-10-23-56(59)57-24-11-13-26-60(57)62/h1-42H/i27D,28D,31D,32D,34D,35D,38D,39D. The lowest BCUT2D eigenvalue weighted by Crippen LogP contribution is -2.09. The molecule has 1 heterocycles. The van der Waals surface area contributed by atoms with Gasteiger partial charge in [0.2, 0.25) is 0 Å². The highest BCUT2D eigenvalue weighted by molar-refractivity contribution is 6.09. The van der Waals surface area contributed by atoms with Crippen LogP contribution in [0.3, 0.4) is 0 Å². The topological polar surface area (TPSA) is 8.17 Å². The quantitative estimate of drug-likeness (QED) is 0.141. The summed E-state index contributed by atoms with van der Waals surface area (Å²) in [6.07, 6.45) is 0. The molecule has 1 aromatic heterocycles. The van der Waals surface area contributed by atoms with E-state index < -0.39 is 24.2 Å². The van der Waals surface area contributed by atoms with Crippen LogP contribution in [0.25, 0.3) is 83.1 Å². The molecule has 62 heavy (non-hydrogen) atoms. The normalized spacial score (nSPS) is 13.0. The van der Waals surface area contributed by atoms with Crippen LogP contribution in [0.2, 0.25) is 0 Å². The van der Waals surface area contributed by atoms with Crippen LogP contribution in [0.5, 0.6) is 0 Å². The fraction of sp³-hybridized carbons (Fsp3) is 0. The lowest BCUT2D eigenvalue weighted by Gasteiger charge is -2.26. The van der Waals surface area contributed by atoms with Crippen molar-refractivity contribution in [3.8, 4) is 61.3 Å². The predicted molar refractivity (Wildman–Crippen MR) is 263 cm³/mol. The van der Waals surface area contributed by atoms with Gasteiger partial charge < -0.3 is 9.47 Å². The third kappa shape index (κ3) is 6.94. The number of para-hydroxylation sites is 2. The summed E-state index contributed by atoms with van der Waals surface area (Å²) in [5.41, 5.74) is 9.69. The molecule has 0 unspecified atom stereocenters. The van der Waals surface area contributed by atoms with Crippen LogP contribution >= 0.6 is 0 Å². The molecule has 2 nitrogen and oxygen atoms in total. The van der Waals surface area contributed by atoms with Crippen molar-refractivity contribution in [2.75, 3.05) is 4.90 Å². The molecule has 0 spiro atoms. The first-order valence-corrected chi connectivity index (χ1v) is 20.6. The van der Waals surface area contributed by atoms with Crippen LogP contribution in [0.1, 0.15) is 11.0 Å². The lowest BCUT2D eigenvalue weighted by molar-refractivity contribution is 1.18. The molecule has 11 aromatic rings. The average Bonchev–Trinajstić information content (AvgIpc) is 3.75. The minimum atomic E-state index is -0.406. The highest BCUT2D eigenvalue weighted by Crippen LogP contribution is 2.40. The summed E-state index contributed by atoms with van der Waals surface area (Å²) < 4.78 is 78.4. The third-order valence-corrected chi connectivity index (χ3v) is 11.4. The summed E-state index contributed by atoms with van der Waals surface area (Å²) in [5, 5.41) is 2.30. The first-order chi connectivity index (χ1) is 34.1. The Morgan fingerprint density at radius 1 is 0.290 bits per heavy atom. The molecule has 0 saturated heterocycles. The van der Waals surface area contributed by atoms with Gasteiger partial charge in [0.1, 0.15) is 0 Å². The van der Waals surface area contributed by atoms with Crippen molar-refractivity contribution in [3.05, 3.63) is 255 Å². The Hall–Kier alpha value is -8.20. The molecule has 0 saturated carbocycles. The van der Waals surface area contributed by atoms with E-state index in [0.717, 1.165) is 60.9 Å². The summed E-state index contributed by atoms with van der Waals surface area (Å²) in [7, 11) is 0. The fourth-order valence-corrected chi connectivity index (χ4v) is 8.35. The first-order valence-electron chi connectivity index (χ1n) is 24.6. The molecule has 0 aliphatic rings. The number of fused-ring (bicyclic) bond motifs is 3. The molecule has 10 aromatic carbocycles. The van der Waals surface area contributed by atoms with Gasteiger partial charge in [-0.25, -0.2) is 0 Å². The van der Waals surface area contributed by atoms with Crippen LogP contribution in [-0.2, 0) is 0 Å². The molecular formula is C60H42N2. The van der Waals surface area contributed by atoms with Crippen molar-refractivity contribution in [2.24, 2.45) is 0 Å². The maximum atomic E-state index is 9.70. The molecule has 0 bridgehead atoms. The van der Waals surface area contributed by atoms with Crippen molar-refractivity contribution < 1.29 is 11.0 Å². The zero-order valence-corrected chi connectivity index (χ0v) is 33.5. The average molecular weight is 799 g/mol. The van der Waals surface area contributed by atoms with Crippen LogP contribution in [0.15, 0.2) is 255 Å². The van der Waals surface area contributed by atoms with Gasteiger partial charge in [0.25, 0.3) is 0 Å². The summed E-state index contributed by atoms with van der Waals surface area (Å²) in [6.45, 7) is 0. The highest BCUT2D eigenvalue weighted by atomic mass is 15.1. The maximum absolute atomic E-state index is 9.70. The Balaban J connectivity index is 1.08. The van der Waals surface area contributed by atoms with E-state index in [1.165, 1.54) is 4.90 Å². The fourth-order valence-electron chi connectivity index (χ4n) is 8.35. The zero-order valence-electron chi connectivity index (χ0n) is 41.5. The second-order valence-electron chi connectivity index (χ2n) is 15.1. The third-order valence-electron chi connectivity index (χ3n) is 11.4. The van der Waals surface area contributed by atoms with Crippen LogP contribution in [0.4, 0.5) is 17.1 Å². The summed E-state index contributed by atoms with van der Waals surface area (Å²) in [5.74, 6) is 0. The second-order valence-corrected chi connectivity index (χ2v) is 15.1. The second kappa shape index (κ2) is 16.1. The van der Waals surface area contributed by atoms with Crippen molar-refractivity contribution in [1.82, 2.24) is 4.57 Å². The van der Waals surface area contributed by atoms with Gasteiger partial charge >= 0.3 is 0 Å². The Morgan fingerprint density at radius 2 is 0.726 bits per heavy atom. The Morgan fingerprint density at radius 3 is 1.31 bits per heavy atom. The van der Waals surface area contributed by atoms with Gasteiger partial charge in [0.05, 0.1) is 22.0 Å². The number of hydrogen-bond donors (Lipinski definition) is 0. The van der Waals surface area contributed by atoms with Crippen LogP contribution in [0, 0.1) is 0 Å². The molecule has 0 N–H and O–H groups in total. The first kappa shape index (κ1) is 29.1. The zero-order chi connectivity index (χ0) is 48.2. The highest BCUT2D eigenvalue weighted by Gasteiger charge is 2.16. The van der Waals surface area contributed by atoms with Gasteiger partial charge in [0.15, 0.2) is 0 Å². The maximum Gasteiger partial charge on any atom is 0.0645 e. The van der Waals surface area contributed by atoms with E-state index in [1.807, 2.05) is 133 Å². The number of benzene rings is 10. The molecular weight excluding hydrogens is 749 g/mol. The van der Waals surface area contributed by atoms with E-state index in [-0.39, 0.29) is 46.7 Å². The van der Waals surface area contributed by atoms with Gasteiger partial charge in [0, 0.05) is 33.5 Å². The van der Waals surface area contributed by atoms with E-state index in [2.05, 4.69) is 41.0 Å². The monoisotopic (exact) mass is 798 g/mol. The molecule has 0 aliphatic heterocycles. The summed E-state index contributed by atoms with van der Waals surface area (Å²) in [4.78, 5) is 1.35. The van der Waals surface area contributed by atoms with Crippen molar-refractivity contribution >= 4 is 38.9 Å². The van der Waals surface area contributed by atoms with Gasteiger partial charge in [-0.3, -0.25) is 0 Å². The minimum Gasteiger partial charge on any atom is -0.311 e. The summed E-state index contributed by atoms with van der Waals surface area (Å²) >= 11 is 0. The van der Waals surface area contributed by atoms with Gasteiger partial charge in [-0.15, -0.1) is 0 Å². The Labute approximate surface area is 374 Å². The van der Waals surface area contributed by atoms with E-state index >= 15 is 0 Å². The van der Waals surface area contributed by atoms with Gasteiger partial charge in [-0.1, -0.05) is 188 Å². The molecule has 0 amide bonds. The van der Waals surface area contributed by atoms with E-state index in [0.29, 0.717) is 16.8 Å². The number of nitrogens with zero attached hydrogens (tertiary/aromatic N) is 2. The number of aromatic nitrogens is 1. The van der Waals surface area contributed by atoms with Gasteiger partial charge in [-0.2, -0.15) is 0 Å². The largest absolute Gasteiger partial charge is 0.311 e. The molecule has 0 radical (unpaired) electrons. The molecule has 2 heteroatoms. The molecule has 0 fully saturated rings. The molecule has 0 atom stereocenters. The number of anilines is 3. The predicted octanol–water partition coefficient (Wildman–Crippen LogP) is 16.6. The Bertz CT molecular complexity index is 3690. The van der Waals surface area contributed by atoms with E-state index in [4.69, 9.17) is 0 Å². The Kier molecular flexibility index (Phi) is 7.56. The molecule has 292 valence electrons. The van der Waals surface area contributed by atoms with Crippen LogP contribution < -0.4 is 4.90 Å². The SMILES string of the molecule is [2H]c1c([2H])c(N(c2ccc(-c3cccc(-n4c5ccccc5c5ccccc54)c3)cc2)c2c([2H])c([2H])c(-c3ccc(-c4ccccc4)c(-c4ccccc4)c3)c([2H])c2[2H])c([2H])c([2H])c1-c1ccccc1. The summed E-state index contributed by atoms with van der Waals surface area (Å²) in [6, 6.07) is 63.6. The van der Waals surface area contributed by atoms with Gasteiger partial charge in [-0.05, 0) is 122 Å². The van der Waals surface area contributed by atoms with E-state index in [9.17, 15) is 11.0 Å². The lowest BCUT2D eigenvalue weighted by atomic mass is 9.91. The van der Waals surface area contributed by atoms with Crippen molar-refractivity contribution in [1.29, 1.82) is 0 Å². The smallest absolute Gasteiger partial charge is 0.0645 e. The number of rotatable bonds is 9. The minimum absolute atomic E-state index is 0.0907. The van der Waals surface area contributed by atoms with E-state index in [1.54, 1.807) is 36.4 Å². The van der Waals surface area contributed by atoms with Crippen molar-refractivity contribution in [3.63, 3.8) is 0 Å². The molecule has 0 aliphatic carbocycles. The molecule has 11 rings (SSSR count). The van der Waals surface area contributed by atoms with Crippen molar-refractivity contribution in [2.45, 2.75) is 0 Å². The van der Waals surface area contributed by atoms with Crippen LogP contribution in [-0.4, -0.2) is 4.57 Å². The number of hydrogen-bond acceptors (Lipinski definition) is 1.